The van der Waals surface area contributed by atoms with Crippen molar-refractivity contribution in [2.75, 3.05) is 19.0 Å². The maximum Gasteiger partial charge on any atom is 0.416 e. The van der Waals surface area contributed by atoms with Crippen LogP contribution in [0.1, 0.15) is 37.6 Å². The number of fused-ring (bicyclic) bond motifs is 1. The Morgan fingerprint density at radius 3 is 2.43 bits per heavy atom. The zero-order chi connectivity index (χ0) is 25.4. The molecule has 10 heteroatoms. The molecule has 0 saturated carbocycles. The standard InChI is InChI=1S/C25H26F3N5O2/c1-24(2,3)23(34)33-12-9-18-17(14-33)22(32-21(30-18)15-7-10-29-11-8-15)31-19-13-16(25(26,27)28)5-6-20(19)35-4/h5-8,10-11,13H,9,12,14H2,1-4H3,(H,30,31,32). The van der Waals surface area contributed by atoms with E-state index in [1.165, 1.54) is 13.2 Å². The molecular weight excluding hydrogens is 459 g/mol. The minimum atomic E-state index is -4.52. The number of carbonyl (C=O) groups excluding carboxylic acids is 1. The first-order chi connectivity index (χ1) is 16.5. The Hall–Kier alpha value is -3.69. The zero-order valence-electron chi connectivity index (χ0n) is 19.9. The van der Waals surface area contributed by atoms with Crippen molar-refractivity contribution in [3.63, 3.8) is 0 Å². The van der Waals surface area contributed by atoms with E-state index in [1.807, 2.05) is 20.8 Å². The minimum Gasteiger partial charge on any atom is -0.495 e. The Morgan fingerprint density at radius 2 is 1.80 bits per heavy atom. The Balaban J connectivity index is 1.82. The highest BCUT2D eigenvalue weighted by Gasteiger charge is 2.33. The third kappa shape index (κ3) is 5.21. The third-order valence-electron chi connectivity index (χ3n) is 5.71. The number of pyridine rings is 1. The van der Waals surface area contributed by atoms with E-state index in [2.05, 4.69) is 15.3 Å². The lowest BCUT2D eigenvalue weighted by molar-refractivity contribution is -0.140. The maximum absolute atomic E-state index is 13.4. The number of anilines is 2. The number of nitrogens with one attached hydrogen (secondary N) is 1. The van der Waals surface area contributed by atoms with E-state index in [1.54, 1.807) is 29.4 Å². The smallest absolute Gasteiger partial charge is 0.416 e. The average Bonchev–Trinajstić information content (AvgIpc) is 2.82. The summed E-state index contributed by atoms with van der Waals surface area (Å²) in [6.07, 6.45) is -0.798. The SMILES string of the molecule is COc1ccc(C(F)(F)F)cc1Nc1nc(-c2ccncc2)nc2c1CN(C(=O)C(C)(C)C)CC2. The molecule has 35 heavy (non-hydrogen) atoms. The normalized spacial score (nSPS) is 13.9. The number of aromatic nitrogens is 3. The highest BCUT2D eigenvalue weighted by atomic mass is 19.4. The van der Waals surface area contributed by atoms with Crippen molar-refractivity contribution in [2.45, 2.75) is 39.9 Å². The van der Waals surface area contributed by atoms with E-state index in [0.29, 0.717) is 30.2 Å². The molecule has 0 spiro atoms. The van der Waals surface area contributed by atoms with Crippen LogP contribution in [-0.2, 0) is 23.9 Å². The second-order valence-corrected chi connectivity index (χ2v) is 9.32. The molecule has 1 amide bonds. The van der Waals surface area contributed by atoms with Crippen molar-refractivity contribution < 1.29 is 22.7 Å². The summed E-state index contributed by atoms with van der Waals surface area (Å²) in [5.41, 5.74) is 0.831. The molecule has 0 atom stereocenters. The van der Waals surface area contributed by atoms with Gasteiger partial charge in [0.1, 0.15) is 11.6 Å². The van der Waals surface area contributed by atoms with Crippen LogP contribution in [0.15, 0.2) is 42.7 Å². The zero-order valence-corrected chi connectivity index (χ0v) is 19.9. The number of hydrogen-bond acceptors (Lipinski definition) is 6. The van der Waals surface area contributed by atoms with Gasteiger partial charge in [-0.15, -0.1) is 0 Å². The summed E-state index contributed by atoms with van der Waals surface area (Å²) < 4.78 is 45.5. The molecule has 3 heterocycles. The van der Waals surface area contributed by atoms with E-state index in [4.69, 9.17) is 9.72 Å². The van der Waals surface area contributed by atoms with Crippen LogP contribution in [0.2, 0.25) is 0 Å². The summed E-state index contributed by atoms with van der Waals surface area (Å²) in [6, 6.07) is 6.73. The molecule has 0 unspecified atom stereocenters. The first kappa shape index (κ1) is 24.4. The Morgan fingerprint density at radius 1 is 1.09 bits per heavy atom. The van der Waals surface area contributed by atoms with Gasteiger partial charge in [0, 0.05) is 41.9 Å². The van der Waals surface area contributed by atoms with Gasteiger partial charge in [-0.05, 0) is 30.3 Å². The van der Waals surface area contributed by atoms with Crippen LogP contribution in [0.5, 0.6) is 5.75 Å². The van der Waals surface area contributed by atoms with Gasteiger partial charge in [0.25, 0.3) is 0 Å². The number of ether oxygens (including phenoxy) is 1. The van der Waals surface area contributed by atoms with Gasteiger partial charge in [-0.25, -0.2) is 9.97 Å². The lowest BCUT2D eigenvalue weighted by Gasteiger charge is -2.34. The summed E-state index contributed by atoms with van der Waals surface area (Å²) >= 11 is 0. The molecule has 0 radical (unpaired) electrons. The molecule has 0 bridgehead atoms. The molecule has 1 N–H and O–H groups in total. The van der Waals surface area contributed by atoms with E-state index in [0.717, 1.165) is 23.4 Å². The highest BCUT2D eigenvalue weighted by molar-refractivity contribution is 5.82. The van der Waals surface area contributed by atoms with E-state index >= 15 is 0 Å². The van der Waals surface area contributed by atoms with Gasteiger partial charge >= 0.3 is 6.18 Å². The summed E-state index contributed by atoms with van der Waals surface area (Å²) in [5, 5.41) is 3.04. The van der Waals surface area contributed by atoms with E-state index in [-0.39, 0.29) is 23.9 Å². The molecule has 1 aliphatic rings. The molecule has 0 aliphatic carbocycles. The quantitative estimate of drug-likeness (QED) is 0.544. The fourth-order valence-electron chi connectivity index (χ4n) is 3.90. The molecule has 0 saturated heterocycles. The lowest BCUT2D eigenvalue weighted by Crippen LogP contribution is -2.42. The second kappa shape index (κ2) is 9.16. The first-order valence-corrected chi connectivity index (χ1v) is 11.1. The van der Waals surface area contributed by atoms with Gasteiger partial charge in [0.15, 0.2) is 5.82 Å². The number of hydrogen-bond donors (Lipinski definition) is 1. The fourth-order valence-corrected chi connectivity index (χ4v) is 3.90. The van der Waals surface area contributed by atoms with Crippen LogP contribution < -0.4 is 10.1 Å². The van der Waals surface area contributed by atoms with Crippen molar-refractivity contribution in [1.29, 1.82) is 0 Å². The van der Waals surface area contributed by atoms with Gasteiger partial charge < -0.3 is 15.0 Å². The number of carbonyl (C=O) groups is 1. The summed E-state index contributed by atoms with van der Waals surface area (Å²) in [6.45, 7) is 6.27. The van der Waals surface area contributed by atoms with Crippen LogP contribution in [0.3, 0.4) is 0 Å². The largest absolute Gasteiger partial charge is 0.495 e. The maximum atomic E-state index is 13.4. The number of halogens is 3. The van der Waals surface area contributed by atoms with Crippen molar-refractivity contribution in [1.82, 2.24) is 19.9 Å². The van der Waals surface area contributed by atoms with Gasteiger partial charge in [0.05, 0.1) is 30.6 Å². The monoisotopic (exact) mass is 485 g/mol. The summed E-state index contributed by atoms with van der Waals surface area (Å²) in [5.74, 6) is 0.944. The van der Waals surface area contributed by atoms with Crippen LogP contribution in [0.4, 0.5) is 24.7 Å². The van der Waals surface area contributed by atoms with Gasteiger partial charge in [-0.1, -0.05) is 20.8 Å². The van der Waals surface area contributed by atoms with Crippen LogP contribution in [-0.4, -0.2) is 39.4 Å². The molecule has 184 valence electrons. The molecule has 2 aromatic heterocycles. The highest BCUT2D eigenvalue weighted by Crippen LogP contribution is 2.38. The fraction of sp³-hybridized carbons (Fsp3) is 0.360. The summed E-state index contributed by atoms with van der Waals surface area (Å²) in [7, 11) is 1.38. The Labute approximate surface area is 201 Å². The molecule has 0 fully saturated rings. The van der Waals surface area contributed by atoms with Crippen molar-refractivity contribution >= 4 is 17.4 Å². The molecule has 1 aromatic carbocycles. The molecule has 4 rings (SSSR count). The number of benzene rings is 1. The molecule has 1 aliphatic heterocycles. The summed E-state index contributed by atoms with van der Waals surface area (Å²) in [4.78, 5) is 28.1. The first-order valence-electron chi connectivity index (χ1n) is 11.1. The van der Waals surface area contributed by atoms with Crippen LogP contribution >= 0.6 is 0 Å². The van der Waals surface area contributed by atoms with Gasteiger partial charge in [-0.2, -0.15) is 13.2 Å². The second-order valence-electron chi connectivity index (χ2n) is 9.32. The topological polar surface area (TPSA) is 80.2 Å². The van der Waals surface area contributed by atoms with E-state index in [9.17, 15) is 18.0 Å². The van der Waals surface area contributed by atoms with Crippen molar-refractivity contribution in [3.05, 3.63) is 59.5 Å². The minimum absolute atomic E-state index is 0.0241. The molecule has 7 nitrogen and oxygen atoms in total. The Kier molecular flexibility index (Phi) is 6.40. The third-order valence-corrected chi connectivity index (χ3v) is 5.71. The van der Waals surface area contributed by atoms with Crippen LogP contribution in [0, 0.1) is 5.41 Å². The molecule has 3 aromatic rings. The Bertz CT molecular complexity index is 1240. The van der Waals surface area contributed by atoms with Crippen molar-refractivity contribution in [2.24, 2.45) is 5.41 Å². The predicted octanol–water partition coefficient (Wildman–Crippen LogP) is 5.24. The number of amides is 1. The van der Waals surface area contributed by atoms with Crippen molar-refractivity contribution in [3.8, 4) is 17.1 Å². The van der Waals surface area contributed by atoms with E-state index < -0.39 is 17.2 Å². The number of methoxy groups -OCH3 is 1. The molecular formula is C25H26F3N5O2. The lowest BCUT2D eigenvalue weighted by atomic mass is 9.93. The predicted molar refractivity (Wildman–Crippen MR) is 125 cm³/mol. The van der Waals surface area contributed by atoms with Crippen LogP contribution in [0.25, 0.3) is 11.4 Å². The number of alkyl halides is 3. The van der Waals surface area contributed by atoms with Gasteiger partial charge in [-0.3, -0.25) is 9.78 Å². The van der Waals surface area contributed by atoms with Gasteiger partial charge in [0.2, 0.25) is 5.91 Å². The average molecular weight is 486 g/mol. The number of nitrogens with zero attached hydrogens (tertiary/aromatic N) is 4. The number of rotatable bonds is 4.